The number of hydrogen-bond donors (Lipinski definition) is 2. The molecule has 110 valence electrons. The number of aryl methyl sites for hydroxylation is 2. The Morgan fingerprint density at radius 3 is 2.52 bits per heavy atom. The molecule has 0 bridgehead atoms. The highest BCUT2D eigenvalue weighted by Gasteiger charge is 2.14. The number of nitrogens with zero attached hydrogens (tertiary/aromatic N) is 1. The lowest BCUT2D eigenvalue weighted by molar-refractivity contribution is 0.102. The van der Waals surface area contributed by atoms with Crippen LogP contribution in [-0.4, -0.2) is 19.3 Å². The van der Waals surface area contributed by atoms with E-state index in [1.807, 2.05) is 0 Å². The fourth-order valence-electron chi connectivity index (χ4n) is 1.85. The lowest BCUT2D eigenvalue weighted by Crippen LogP contribution is -2.16. The summed E-state index contributed by atoms with van der Waals surface area (Å²) in [5, 5.41) is 7.74. The number of benzene rings is 1. The molecule has 3 N–H and O–H groups in total. The Morgan fingerprint density at radius 1 is 1.19 bits per heavy atom. The fraction of sp³-hybridized carbons (Fsp3) is 0.143. The molecule has 1 heterocycles. The molecule has 1 amide bonds. The second kappa shape index (κ2) is 5.63. The molecular formula is C14H15N3O3S. The largest absolute Gasteiger partial charge is 0.321 e. The van der Waals surface area contributed by atoms with Gasteiger partial charge >= 0.3 is 0 Å². The third-order valence-corrected chi connectivity index (χ3v) is 3.93. The van der Waals surface area contributed by atoms with Gasteiger partial charge in [0.1, 0.15) is 5.69 Å². The molecule has 0 saturated carbocycles. The number of nitrogens with two attached hydrogens (primary N) is 1. The summed E-state index contributed by atoms with van der Waals surface area (Å²) >= 11 is 0. The average Bonchev–Trinajstić information content (AvgIpc) is 2.39. The van der Waals surface area contributed by atoms with Crippen LogP contribution in [0.5, 0.6) is 0 Å². The number of sulfonamides is 1. The van der Waals surface area contributed by atoms with Gasteiger partial charge in [0.25, 0.3) is 5.91 Å². The highest BCUT2D eigenvalue weighted by Crippen LogP contribution is 2.19. The quantitative estimate of drug-likeness (QED) is 0.899. The molecule has 0 aliphatic carbocycles. The Labute approximate surface area is 123 Å². The van der Waals surface area contributed by atoms with Crippen LogP contribution in [0.4, 0.5) is 5.69 Å². The lowest BCUT2D eigenvalue weighted by atomic mass is 10.2. The minimum absolute atomic E-state index is 0.0162. The number of hydrogen-bond acceptors (Lipinski definition) is 4. The van der Waals surface area contributed by atoms with Gasteiger partial charge in [-0.15, -0.1) is 0 Å². The highest BCUT2D eigenvalue weighted by molar-refractivity contribution is 7.89. The number of carbonyl (C=O) groups excluding carboxylic acids is 1. The fourth-order valence-corrected chi connectivity index (χ4v) is 2.66. The molecular weight excluding hydrogens is 290 g/mol. The number of pyridine rings is 1. The van der Waals surface area contributed by atoms with Gasteiger partial charge in [-0.05, 0) is 43.7 Å². The van der Waals surface area contributed by atoms with E-state index in [0.29, 0.717) is 11.3 Å². The molecule has 2 rings (SSSR count). The van der Waals surface area contributed by atoms with Gasteiger partial charge in [0.2, 0.25) is 10.0 Å². The van der Waals surface area contributed by atoms with E-state index in [1.165, 1.54) is 6.07 Å². The third-order valence-electron chi connectivity index (χ3n) is 2.87. The summed E-state index contributed by atoms with van der Waals surface area (Å²) in [5.74, 6) is -0.414. The van der Waals surface area contributed by atoms with Gasteiger partial charge in [-0.1, -0.05) is 12.1 Å². The van der Waals surface area contributed by atoms with Gasteiger partial charge in [-0.2, -0.15) is 0 Å². The van der Waals surface area contributed by atoms with Gasteiger partial charge in [0.15, 0.2) is 0 Å². The second-order valence-electron chi connectivity index (χ2n) is 4.64. The van der Waals surface area contributed by atoms with Crippen LogP contribution in [0.15, 0.2) is 41.3 Å². The van der Waals surface area contributed by atoms with Crippen molar-refractivity contribution in [2.45, 2.75) is 18.7 Å². The molecule has 0 atom stereocenters. The zero-order valence-electron chi connectivity index (χ0n) is 11.6. The predicted molar refractivity (Wildman–Crippen MR) is 79.5 cm³/mol. The minimum Gasteiger partial charge on any atom is -0.321 e. The zero-order valence-corrected chi connectivity index (χ0v) is 12.4. The van der Waals surface area contributed by atoms with Crippen LogP contribution in [0.2, 0.25) is 0 Å². The average molecular weight is 305 g/mol. The molecule has 0 fully saturated rings. The predicted octanol–water partition coefficient (Wildman–Crippen LogP) is 1.60. The molecule has 6 nitrogen and oxygen atoms in total. The first-order valence-corrected chi connectivity index (χ1v) is 7.70. The van der Waals surface area contributed by atoms with Crippen LogP contribution in [0.1, 0.15) is 21.7 Å². The monoisotopic (exact) mass is 305 g/mol. The van der Waals surface area contributed by atoms with E-state index in [0.717, 1.165) is 5.69 Å². The minimum atomic E-state index is -3.83. The maximum atomic E-state index is 12.1. The van der Waals surface area contributed by atoms with E-state index in [2.05, 4.69) is 10.3 Å². The van der Waals surface area contributed by atoms with E-state index < -0.39 is 15.9 Å². The molecule has 7 heteroatoms. The van der Waals surface area contributed by atoms with Crippen LogP contribution >= 0.6 is 0 Å². The SMILES string of the molecule is Cc1cccc(C(=O)Nc2ccc(C)c(S(N)(=O)=O)c2)n1. The van der Waals surface area contributed by atoms with Crippen molar-refractivity contribution < 1.29 is 13.2 Å². The summed E-state index contributed by atoms with van der Waals surface area (Å²) in [6, 6.07) is 9.61. The zero-order chi connectivity index (χ0) is 15.6. The van der Waals surface area contributed by atoms with Crippen molar-refractivity contribution in [1.82, 2.24) is 4.98 Å². The number of rotatable bonds is 3. The summed E-state index contributed by atoms with van der Waals surface area (Å²) in [6.45, 7) is 3.41. The molecule has 0 saturated heterocycles. The molecule has 0 spiro atoms. The summed E-state index contributed by atoms with van der Waals surface area (Å²) in [6.07, 6.45) is 0. The number of amides is 1. The van der Waals surface area contributed by atoms with E-state index in [9.17, 15) is 13.2 Å². The van der Waals surface area contributed by atoms with E-state index in [-0.39, 0.29) is 10.6 Å². The molecule has 0 aliphatic rings. The van der Waals surface area contributed by atoms with Crippen molar-refractivity contribution in [2.75, 3.05) is 5.32 Å². The third kappa shape index (κ3) is 3.65. The molecule has 0 radical (unpaired) electrons. The topological polar surface area (TPSA) is 102 Å². The van der Waals surface area contributed by atoms with Crippen LogP contribution < -0.4 is 10.5 Å². The number of primary sulfonamides is 1. The summed E-state index contributed by atoms with van der Waals surface area (Å²) in [4.78, 5) is 16.1. The maximum absolute atomic E-state index is 12.1. The number of aromatic nitrogens is 1. The highest BCUT2D eigenvalue weighted by atomic mass is 32.2. The first-order valence-electron chi connectivity index (χ1n) is 6.16. The normalized spacial score (nSPS) is 11.2. The van der Waals surface area contributed by atoms with Crippen LogP contribution in [-0.2, 0) is 10.0 Å². The molecule has 0 unspecified atom stereocenters. The smallest absolute Gasteiger partial charge is 0.274 e. The molecule has 1 aromatic heterocycles. The van der Waals surface area contributed by atoms with Crippen molar-refractivity contribution in [3.8, 4) is 0 Å². The van der Waals surface area contributed by atoms with Crippen molar-refractivity contribution in [3.63, 3.8) is 0 Å². The summed E-state index contributed by atoms with van der Waals surface area (Å²) < 4.78 is 22.9. The van der Waals surface area contributed by atoms with E-state index >= 15 is 0 Å². The standard InChI is InChI=1S/C14H15N3O3S/c1-9-6-7-11(8-13(9)21(15,19)20)17-14(18)12-5-3-4-10(2)16-12/h3-8H,1-2H3,(H,17,18)(H2,15,19,20). The van der Waals surface area contributed by atoms with Gasteiger partial charge in [0, 0.05) is 11.4 Å². The Morgan fingerprint density at radius 2 is 1.90 bits per heavy atom. The van der Waals surface area contributed by atoms with Crippen molar-refractivity contribution in [3.05, 3.63) is 53.3 Å². The van der Waals surface area contributed by atoms with Gasteiger partial charge in [-0.3, -0.25) is 4.79 Å². The Balaban J connectivity index is 2.30. The molecule has 1 aromatic carbocycles. The van der Waals surface area contributed by atoms with Crippen molar-refractivity contribution in [1.29, 1.82) is 0 Å². The first-order chi connectivity index (χ1) is 9.77. The van der Waals surface area contributed by atoms with Gasteiger partial charge in [0.05, 0.1) is 4.90 Å². The number of carbonyl (C=O) groups is 1. The van der Waals surface area contributed by atoms with Gasteiger partial charge < -0.3 is 5.32 Å². The summed E-state index contributed by atoms with van der Waals surface area (Å²) in [7, 11) is -3.83. The van der Waals surface area contributed by atoms with Crippen LogP contribution in [0.25, 0.3) is 0 Å². The van der Waals surface area contributed by atoms with Crippen molar-refractivity contribution in [2.24, 2.45) is 5.14 Å². The second-order valence-corrected chi connectivity index (χ2v) is 6.17. The Hall–Kier alpha value is -2.25. The first kappa shape index (κ1) is 15.1. The maximum Gasteiger partial charge on any atom is 0.274 e. The molecule has 0 aliphatic heterocycles. The van der Waals surface area contributed by atoms with Crippen molar-refractivity contribution >= 4 is 21.6 Å². The molecule has 21 heavy (non-hydrogen) atoms. The number of anilines is 1. The van der Waals surface area contributed by atoms with E-state index in [4.69, 9.17) is 5.14 Å². The summed E-state index contributed by atoms with van der Waals surface area (Å²) in [5.41, 5.74) is 1.84. The molecule has 2 aromatic rings. The van der Waals surface area contributed by atoms with Gasteiger partial charge in [-0.25, -0.2) is 18.5 Å². The Bertz CT molecular complexity index is 801. The Kier molecular flexibility index (Phi) is 4.06. The van der Waals surface area contributed by atoms with E-state index in [1.54, 1.807) is 44.2 Å². The number of nitrogens with one attached hydrogen (secondary N) is 1. The lowest BCUT2D eigenvalue weighted by Gasteiger charge is -2.09. The van der Waals surface area contributed by atoms with Crippen LogP contribution in [0, 0.1) is 13.8 Å². The van der Waals surface area contributed by atoms with Crippen LogP contribution in [0.3, 0.4) is 0 Å².